The molecule has 0 heterocycles. The number of rotatable bonds is 11. The first kappa shape index (κ1) is 30.3. The number of aliphatic imine (C=N–C) groups is 1. The number of allylic oxidation sites excluding steroid dienone is 5. The molecule has 0 aromatic heterocycles. The normalized spacial score (nSPS) is 16.3. The van der Waals surface area contributed by atoms with Gasteiger partial charge in [0, 0.05) is 30.6 Å². The third-order valence-electron chi connectivity index (χ3n) is 6.16. The maximum Gasteiger partial charge on any atom is 0.109 e. The molecule has 4 N–H and O–H groups in total. The molecule has 37 heavy (non-hydrogen) atoms. The Hall–Kier alpha value is -2.94. The highest BCUT2D eigenvalue weighted by molar-refractivity contribution is 6.19. The minimum Gasteiger partial charge on any atom is -0.399 e. The van der Waals surface area contributed by atoms with Crippen molar-refractivity contribution >= 4 is 17.3 Å². The molecule has 1 aliphatic rings. The third-order valence-corrected chi connectivity index (χ3v) is 6.45. The Morgan fingerprint density at radius 3 is 2.62 bits per heavy atom. The molecule has 0 saturated heterocycles. The maximum atomic E-state index is 6.08. The van der Waals surface area contributed by atoms with Gasteiger partial charge in [-0.2, -0.15) is 0 Å². The zero-order valence-corrected chi connectivity index (χ0v) is 23.5. The lowest BCUT2D eigenvalue weighted by atomic mass is 9.92. The van der Waals surface area contributed by atoms with Gasteiger partial charge in [0.1, 0.15) is 5.71 Å². The second-order valence-electron chi connectivity index (χ2n) is 9.41. The molecule has 5 nitrogen and oxygen atoms in total. The van der Waals surface area contributed by atoms with Crippen LogP contribution >= 0.6 is 11.6 Å². The average Bonchev–Trinajstić information content (AvgIpc) is 2.87. The van der Waals surface area contributed by atoms with Crippen molar-refractivity contribution in [3.8, 4) is 11.8 Å². The number of benzene rings is 1. The lowest BCUT2D eigenvalue weighted by Crippen LogP contribution is -2.26. The molecule has 0 aliphatic heterocycles. The van der Waals surface area contributed by atoms with Gasteiger partial charge in [-0.05, 0) is 68.4 Å². The van der Waals surface area contributed by atoms with Crippen LogP contribution in [0.2, 0.25) is 0 Å². The van der Waals surface area contributed by atoms with Crippen molar-refractivity contribution in [2.24, 2.45) is 16.6 Å². The highest BCUT2D eigenvalue weighted by Gasteiger charge is 2.11. The first-order valence-electron chi connectivity index (χ1n) is 13.2. The van der Waals surface area contributed by atoms with E-state index in [9.17, 15) is 0 Å². The number of alkyl halides is 1. The van der Waals surface area contributed by atoms with E-state index >= 15 is 0 Å². The fraction of sp³-hybridized carbons (Fsp3) is 0.452. The van der Waals surface area contributed by atoms with Crippen LogP contribution < -0.4 is 16.4 Å². The summed E-state index contributed by atoms with van der Waals surface area (Å²) in [7, 11) is 1.73. The Morgan fingerprint density at radius 1 is 1.22 bits per heavy atom. The molecule has 0 bridgehead atoms. The highest BCUT2D eigenvalue weighted by atomic mass is 35.5. The van der Waals surface area contributed by atoms with E-state index in [4.69, 9.17) is 22.1 Å². The number of nitrogens with two attached hydrogens (primary N) is 1. The number of nitrogens with zero attached hydrogens (tertiary/aromatic N) is 1. The zero-order valence-electron chi connectivity index (χ0n) is 22.7. The smallest absolute Gasteiger partial charge is 0.109 e. The fourth-order valence-electron chi connectivity index (χ4n) is 4.22. The Bertz CT molecular complexity index is 1050. The molecule has 0 radical (unpaired) electrons. The fourth-order valence-corrected chi connectivity index (χ4v) is 4.37. The van der Waals surface area contributed by atoms with E-state index in [1.807, 2.05) is 44.2 Å². The van der Waals surface area contributed by atoms with E-state index < -0.39 is 0 Å². The summed E-state index contributed by atoms with van der Waals surface area (Å²) in [5, 5.41) is 6.35. The van der Waals surface area contributed by atoms with E-state index in [-0.39, 0.29) is 5.88 Å². The predicted octanol–water partition coefficient (Wildman–Crippen LogP) is 6.53. The molecule has 0 unspecified atom stereocenters. The molecule has 1 saturated carbocycles. The first-order valence-corrected chi connectivity index (χ1v) is 13.7. The topological polar surface area (TPSA) is 71.7 Å². The first-order chi connectivity index (χ1) is 17.9. The standard InChI is InChI=1S/C31H43ClN4O/c1-5-12-31(30(33)21-32)36-25(3)35-24(2)19-29(34-4)18-17-26-15-11-16-28(20-26)23-37-22-27-13-9-7-6-8-10-14-27/h5,11-12,15-16,19-20,27,35-36H,3,6-10,13-14,21-23,33H2,1-2,4H3/b12-5-,24-19+,31-30-,34-29?. The Morgan fingerprint density at radius 2 is 1.95 bits per heavy atom. The Kier molecular flexibility index (Phi) is 14.3. The SMILES string of the molecule is C=C(NC(/C=C\C)=C(\N)CCl)N/C(C)=C/C(C#Cc1cccc(COCC2CCCCCCC2)c1)=NC. The summed E-state index contributed by atoms with van der Waals surface area (Å²) in [6.07, 6.45) is 15.0. The van der Waals surface area contributed by atoms with Gasteiger partial charge in [-0.1, -0.05) is 62.8 Å². The molecular formula is C31H43ClN4O. The minimum absolute atomic E-state index is 0.227. The third kappa shape index (κ3) is 12.2. The lowest BCUT2D eigenvalue weighted by molar-refractivity contribution is 0.0777. The molecule has 1 fully saturated rings. The molecule has 0 atom stereocenters. The quantitative estimate of drug-likeness (QED) is 0.134. The highest BCUT2D eigenvalue weighted by Crippen LogP contribution is 2.22. The molecule has 1 aromatic carbocycles. The Balaban J connectivity index is 1.93. The van der Waals surface area contributed by atoms with E-state index in [1.54, 1.807) is 7.05 Å². The van der Waals surface area contributed by atoms with Crippen LogP contribution in [0.4, 0.5) is 0 Å². The number of nitrogens with one attached hydrogen (secondary N) is 2. The van der Waals surface area contributed by atoms with Crippen molar-refractivity contribution in [2.75, 3.05) is 19.5 Å². The van der Waals surface area contributed by atoms with Gasteiger partial charge in [0.2, 0.25) is 0 Å². The summed E-state index contributed by atoms with van der Waals surface area (Å²) in [6.45, 7) is 9.33. The maximum absolute atomic E-state index is 6.08. The average molecular weight is 523 g/mol. The second-order valence-corrected chi connectivity index (χ2v) is 9.68. The Labute approximate surface area is 229 Å². The van der Waals surface area contributed by atoms with E-state index in [0.29, 0.717) is 35.5 Å². The van der Waals surface area contributed by atoms with E-state index in [1.165, 1.54) is 44.9 Å². The predicted molar refractivity (Wildman–Crippen MR) is 158 cm³/mol. The van der Waals surface area contributed by atoms with Gasteiger partial charge in [-0.3, -0.25) is 4.99 Å². The van der Waals surface area contributed by atoms with Gasteiger partial charge in [0.05, 0.1) is 24.0 Å². The van der Waals surface area contributed by atoms with Crippen LogP contribution in [0.1, 0.15) is 69.9 Å². The lowest BCUT2D eigenvalue weighted by Gasteiger charge is -2.19. The van der Waals surface area contributed by atoms with Crippen molar-refractivity contribution in [2.45, 2.75) is 65.4 Å². The largest absolute Gasteiger partial charge is 0.399 e. The van der Waals surface area contributed by atoms with Gasteiger partial charge in [0.25, 0.3) is 0 Å². The summed E-state index contributed by atoms with van der Waals surface area (Å²) in [4.78, 5) is 4.31. The van der Waals surface area contributed by atoms with E-state index in [2.05, 4.69) is 46.2 Å². The van der Waals surface area contributed by atoms with Crippen LogP contribution in [0, 0.1) is 17.8 Å². The zero-order chi connectivity index (χ0) is 26.9. The summed E-state index contributed by atoms with van der Waals surface area (Å²) in [5.74, 6) is 7.89. The van der Waals surface area contributed by atoms with Crippen molar-refractivity contribution in [3.63, 3.8) is 0 Å². The summed E-state index contributed by atoms with van der Waals surface area (Å²) in [6, 6.07) is 8.23. The van der Waals surface area contributed by atoms with E-state index in [0.717, 1.165) is 23.4 Å². The monoisotopic (exact) mass is 522 g/mol. The molecule has 0 amide bonds. The van der Waals surface area contributed by atoms with Crippen molar-refractivity contribution in [1.82, 2.24) is 10.6 Å². The number of ether oxygens (including phenoxy) is 1. The minimum atomic E-state index is 0.227. The van der Waals surface area contributed by atoms with Crippen LogP contribution in [0.25, 0.3) is 0 Å². The van der Waals surface area contributed by atoms with Gasteiger partial charge in [-0.25, -0.2) is 0 Å². The van der Waals surface area contributed by atoms with Crippen LogP contribution in [0.15, 0.2) is 77.0 Å². The molecular weight excluding hydrogens is 480 g/mol. The summed E-state index contributed by atoms with van der Waals surface area (Å²) >= 11 is 5.87. The van der Waals surface area contributed by atoms with Crippen molar-refractivity contribution in [3.05, 3.63) is 83.1 Å². The number of halogens is 1. The van der Waals surface area contributed by atoms with Crippen LogP contribution in [-0.2, 0) is 11.3 Å². The number of hydrogen-bond donors (Lipinski definition) is 3. The van der Waals surface area contributed by atoms with Crippen molar-refractivity contribution in [1.29, 1.82) is 0 Å². The number of hydrogen-bond acceptors (Lipinski definition) is 5. The van der Waals surface area contributed by atoms with Crippen LogP contribution in [-0.4, -0.2) is 25.2 Å². The molecule has 1 aromatic rings. The van der Waals surface area contributed by atoms with Crippen LogP contribution in [0.3, 0.4) is 0 Å². The van der Waals surface area contributed by atoms with Gasteiger partial charge in [0.15, 0.2) is 0 Å². The molecule has 0 spiro atoms. The molecule has 6 heteroatoms. The van der Waals surface area contributed by atoms with Gasteiger partial charge < -0.3 is 21.1 Å². The second kappa shape index (κ2) is 17.5. The van der Waals surface area contributed by atoms with Gasteiger partial charge in [-0.15, -0.1) is 11.6 Å². The summed E-state index contributed by atoms with van der Waals surface area (Å²) in [5.41, 5.74) is 10.8. The molecule has 2 rings (SSSR count). The van der Waals surface area contributed by atoms with Crippen LogP contribution in [0.5, 0.6) is 0 Å². The molecule has 200 valence electrons. The van der Waals surface area contributed by atoms with Gasteiger partial charge >= 0.3 is 0 Å². The summed E-state index contributed by atoms with van der Waals surface area (Å²) < 4.78 is 6.08. The van der Waals surface area contributed by atoms with Crippen molar-refractivity contribution < 1.29 is 4.74 Å². The molecule has 1 aliphatic carbocycles.